The van der Waals surface area contributed by atoms with Gasteiger partial charge < -0.3 is 19.5 Å². The summed E-state index contributed by atoms with van der Waals surface area (Å²) in [4.78, 5) is 45.8. The van der Waals surface area contributed by atoms with Gasteiger partial charge in [0.25, 0.3) is 5.69 Å². The number of hydrogen-bond donors (Lipinski definition) is 1. The third-order valence-corrected chi connectivity index (χ3v) is 4.15. The Balaban J connectivity index is 2.10. The lowest BCUT2D eigenvalue weighted by Crippen LogP contribution is -2.16. The minimum absolute atomic E-state index is 0.0818. The Morgan fingerprint density at radius 3 is 2.06 bits per heavy atom. The third-order valence-electron chi connectivity index (χ3n) is 4.15. The Hall–Kier alpha value is -4.16. The van der Waals surface area contributed by atoms with Crippen molar-refractivity contribution in [3.05, 3.63) is 63.2 Å². The largest absolute Gasteiger partial charge is 0.465 e. The van der Waals surface area contributed by atoms with Crippen LogP contribution in [-0.2, 0) is 20.4 Å². The second-order valence-electron chi connectivity index (χ2n) is 6.37. The Kier molecular flexibility index (Phi) is 7.94. The van der Waals surface area contributed by atoms with Crippen LogP contribution in [0.3, 0.4) is 0 Å². The van der Waals surface area contributed by atoms with Crippen LogP contribution >= 0.6 is 0 Å². The van der Waals surface area contributed by atoms with Crippen molar-refractivity contribution in [2.24, 2.45) is 0 Å². The molecule has 33 heavy (non-hydrogen) atoms. The SMILES string of the molecule is COC(=O)c1cc(OC(=O)CCNc2ccc(C(F)(F)F)cc2[N+](=O)[O-])cc(C(=O)OC)c1. The number of halogens is 3. The molecule has 0 unspecified atom stereocenters. The Morgan fingerprint density at radius 2 is 1.58 bits per heavy atom. The second-order valence-corrected chi connectivity index (χ2v) is 6.37. The van der Waals surface area contributed by atoms with Crippen LogP contribution in [0.1, 0.15) is 32.7 Å². The van der Waals surface area contributed by atoms with Crippen molar-refractivity contribution >= 4 is 29.3 Å². The number of nitro groups is 1. The minimum Gasteiger partial charge on any atom is -0.465 e. The van der Waals surface area contributed by atoms with Gasteiger partial charge in [-0.2, -0.15) is 13.2 Å². The van der Waals surface area contributed by atoms with E-state index >= 15 is 0 Å². The number of benzene rings is 2. The lowest BCUT2D eigenvalue weighted by molar-refractivity contribution is -0.384. The van der Waals surface area contributed by atoms with E-state index in [0.717, 1.165) is 32.4 Å². The van der Waals surface area contributed by atoms with E-state index in [1.807, 2.05) is 0 Å². The van der Waals surface area contributed by atoms with Crippen LogP contribution in [0.4, 0.5) is 24.5 Å². The molecular formula is C20H17F3N2O8. The summed E-state index contributed by atoms with van der Waals surface area (Å²) in [6, 6.07) is 5.43. The fraction of sp³-hybridized carbons (Fsp3) is 0.250. The zero-order chi connectivity index (χ0) is 24.8. The average Bonchev–Trinajstić information content (AvgIpc) is 2.76. The summed E-state index contributed by atoms with van der Waals surface area (Å²) in [7, 11) is 2.23. The summed E-state index contributed by atoms with van der Waals surface area (Å²) >= 11 is 0. The number of ether oxygens (including phenoxy) is 3. The van der Waals surface area contributed by atoms with Gasteiger partial charge in [-0.05, 0) is 30.3 Å². The zero-order valence-electron chi connectivity index (χ0n) is 17.2. The van der Waals surface area contributed by atoms with Gasteiger partial charge in [-0.3, -0.25) is 14.9 Å². The van der Waals surface area contributed by atoms with E-state index in [1.54, 1.807) is 0 Å². The average molecular weight is 470 g/mol. The van der Waals surface area contributed by atoms with E-state index in [9.17, 15) is 37.7 Å². The summed E-state index contributed by atoms with van der Waals surface area (Å²) in [5.41, 5.74) is -2.39. The summed E-state index contributed by atoms with van der Waals surface area (Å²) in [5.74, 6) is -2.61. The first kappa shape index (κ1) is 25.1. The van der Waals surface area contributed by atoms with Crippen molar-refractivity contribution in [3.8, 4) is 5.75 Å². The van der Waals surface area contributed by atoms with Crippen molar-refractivity contribution in [1.82, 2.24) is 0 Å². The first-order valence-electron chi connectivity index (χ1n) is 9.08. The van der Waals surface area contributed by atoms with E-state index in [0.29, 0.717) is 12.1 Å². The fourth-order valence-electron chi connectivity index (χ4n) is 2.62. The Labute approximate surface area is 184 Å². The van der Waals surface area contributed by atoms with Crippen molar-refractivity contribution in [2.45, 2.75) is 12.6 Å². The molecule has 1 N–H and O–H groups in total. The van der Waals surface area contributed by atoms with Crippen LogP contribution in [-0.4, -0.2) is 43.6 Å². The number of methoxy groups -OCH3 is 2. The van der Waals surface area contributed by atoms with Gasteiger partial charge in [-0.1, -0.05) is 0 Å². The molecule has 0 spiro atoms. The van der Waals surface area contributed by atoms with Gasteiger partial charge in [0.15, 0.2) is 0 Å². The molecule has 0 atom stereocenters. The highest BCUT2D eigenvalue weighted by Crippen LogP contribution is 2.35. The second kappa shape index (κ2) is 10.4. The van der Waals surface area contributed by atoms with Crippen LogP contribution in [0.5, 0.6) is 5.75 Å². The molecule has 176 valence electrons. The third kappa shape index (κ3) is 6.66. The van der Waals surface area contributed by atoms with Crippen LogP contribution in [0.2, 0.25) is 0 Å². The first-order valence-corrected chi connectivity index (χ1v) is 9.08. The molecule has 0 radical (unpaired) electrons. The number of carbonyl (C=O) groups excluding carboxylic acids is 3. The number of nitrogens with one attached hydrogen (secondary N) is 1. The normalized spacial score (nSPS) is 10.8. The number of carbonyl (C=O) groups is 3. The van der Waals surface area contributed by atoms with Crippen molar-refractivity contribution in [1.29, 1.82) is 0 Å². The molecule has 2 aromatic rings. The predicted octanol–water partition coefficient (Wildman–Crippen LogP) is 3.59. The molecule has 2 rings (SSSR count). The topological polar surface area (TPSA) is 134 Å². The van der Waals surface area contributed by atoms with Crippen molar-refractivity contribution in [2.75, 3.05) is 26.1 Å². The van der Waals surface area contributed by atoms with Gasteiger partial charge >= 0.3 is 24.1 Å². The maximum atomic E-state index is 12.8. The molecule has 2 aromatic carbocycles. The van der Waals surface area contributed by atoms with Crippen molar-refractivity contribution in [3.63, 3.8) is 0 Å². The molecule has 0 aliphatic heterocycles. The number of hydrogen-bond acceptors (Lipinski definition) is 9. The highest BCUT2D eigenvalue weighted by atomic mass is 19.4. The van der Waals surface area contributed by atoms with E-state index in [1.165, 1.54) is 6.07 Å². The van der Waals surface area contributed by atoms with Crippen LogP contribution in [0.15, 0.2) is 36.4 Å². The van der Waals surface area contributed by atoms with Crippen LogP contribution in [0, 0.1) is 10.1 Å². The molecular weight excluding hydrogens is 453 g/mol. The quantitative estimate of drug-likeness (QED) is 0.266. The number of rotatable bonds is 8. The molecule has 0 aliphatic carbocycles. The highest BCUT2D eigenvalue weighted by molar-refractivity contribution is 5.96. The molecule has 0 fully saturated rings. The van der Waals surface area contributed by atoms with Crippen molar-refractivity contribution < 1.29 is 46.7 Å². The lowest BCUT2D eigenvalue weighted by Gasteiger charge is -2.11. The number of nitro benzene ring substituents is 1. The molecule has 13 heteroatoms. The van der Waals surface area contributed by atoms with Crippen LogP contribution in [0.25, 0.3) is 0 Å². The minimum atomic E-state index is -4.76. The van der Waals surface area contributed by atoms with E-state index in [4.69, 9.17) is 4.74 Å². The number of anilines is 1. The predicted molar refractivity (Wildman–Crippen MR) is 106 cm³/mol. The molecule has 0 aromatic heterocycles. The van der Waals surface area contributed by atoms with Gasteiger partial charge in [-0.15, -0.1) is 0 Å². The number of esters is 3. The molecule has 0 saturated heterocycles. The van der Waals surface area contributed by atoms with E-state index in [-0.39, 0.29) is 35.5 Å². The fourth-order valence-corrected chi connectivity index (χ4v) is 2.62. The standard InChI is InChI=1S/C20H17F3N2O8/c1-31-18(27)11-7-12(19(28)32-2)9-14(8-11)33-17(26)5-6-24-15-4-3-13(20(21,22)23)10-16(15)25(29)30/h3-4,7-10,24H,5-6H2,1-2H3. The Morgan fingerprint density at radius 1 is 1.00 bits per heavy atom. The smallest absolute Gasteiger partial charge is 0.416 e. The molecule has 0 aliphatic rings. The summed E-state index contributed by atoms with van der Waals surface area (Å²) in [6.45, 7) is -0.217. The monoisotopic (exact) mass is 470 g/mol. The molecule has 0 bridgehead atoms. The maximum absolute atomic E-state index is 12.8. The van der Waals surface area contributed by atoms with E-state index in [2.05, 4.69) is 14.8 Å². The van der Waals surface area contributed by atoms with Crippen LogP contribution < -0.4 is 10.1 Å². The maximum Gasteiger partial charge on any atom is 0.416 e. The van der Waals surface area contributed by atoms with Gasteiger partial charge in [-0.25, -0.2) is 9.59 Å². The van der Waals surface area contributed by atoms with Gasteiger partial charge in [0, 0.05) is 12.6 Å². The van der Waals surface area contributed by atoms with Gasteiger partial charge in [0.1, 0.15) is 11.4 Å². The highest BCUT2D eigenvalue weighted by Gasteiger charge is 2.33. The molecule has 10 nitrogen and oxygen atoms in total. The zero-order valence-corrected chi connectivity index (χ0v) is 17.2. The Bertz CT molecular complexity index is 1050. The molecule has 0 saturated carbocycles. The summed E-state index contributed by atoms with van der Waals surface area (Å²) in [6.07, 6.45) is -5.11. The first-order chi connectivity index (χ1) is 15.5. The lowest BCUT2D eigenvalue weighted by atomic mass is 10.1. The van der Waals surface area contributed by atoms with Gasteiger partial charge in [0.2, 0.25) is 0 Å². The summed E-state index contributed by atoms with van der Waals surface area (Å²) in [5, 5.41) is 13.6. The summed E-state index contributed by atoms with van der Waals surface area (Å²) < 4.78 is 52.5. The van der Waals surface area contributed by atoms with E-state index < -0.39 is 40.3 Å². The van der Waals surface area contributed by atoms with Gasteiger partial charge in [0.05, 0.1) is 42.3 Å². The number of nitrogens with zero attached hydrogens (tertiary/aromatic N) is 1. The molecule has 0 amide bonds. The molecule has 0 heterocycles. The number of alkyl halides is 3.